The Bertz CT molecular complexity index is 1380. The molecule has 0 N–H and O–H groups in total. The Labute approximate surface area is 217 Å². The van der Waals surface area contributed by atoms with E-state index in [9.17, 15) is 0 Å². The van der Waals surface area contributed by atoms with Crippen LogP contribution in [0.15, 0.2) is 36.7 Å². The quantitative estimate of drug-likeness (QED) is 0.400. The van der Waals surface area contributed by atoms with Crippen molar-refractivity contribution in [1.82, 2.24) is 34.4 Å². The largest absolute Gasteiger partial charge is 0.379 e. The summed E-state index contributed by atoms with van der Waals surface area (Å²) in [4.78, 5) is 23.3. The van der Waals surface area contributed by atoms with Gasteiger partial charge in [0.05, 0.1) is 13.2 Å². The Balaban J connectivity index is 1.09. The molecule has 37 heavy (non-hydrogen) atoms. The summed E-state index contributed by atoms with van der Waals surface area (Å²) < 4.78 is 7.33. The van der Waals surface area contributed by atoms with Gasteiger partial charge in [0.2, 0.25) is 5.95 Å². The molecule has 1 aromatic carbocycles. The molecule has 2 saturated heterocycles. The van der Waals surface area contributed by atoms with Crippen molar-refractivity contribution in [1.29, 1.82) is 0 Å². The Hall–Kier alpha value is -3.43. The van der Waals surface area contributed by atoms with Crippen molar-refractivity contribution >= 4 is 11.7 Å². The molecule has 2 aliphatic heterocycles. The van der Waals surface area contributed by atoms with Crippen LogP contribution in [-0.2, 0) is 17.7 Å². The molecule has 0 saturated carbocycles. The van der Waals surface area contributed by atoms with Crippen LogP contribution < -0.4 is 4.90 Å². The van der Waals surface area contributed by atoms with Gasteiger partial charge in [-0.1, -0.05) is 24.3 Å². The summed E-state index contributed by atoms with van der Waals surface area (Å²) in [5.74, 6) is 2.78. The minimum Gasteiger partial charge on any atom is -0.379 e. The van der Waals surface area contributed by atoms with Crippen LogP contribution in [0.4, 0.5) is 5.95 Å². The van der Waals surface area contributed by atoms with E-state index in [2.05, 4.69) is 58.0 Å². The van der Waals surface area contributed by atoms with Crippen LogP contribution in [0.3, 0.4) is 0 Å². The highest BCUT2D eigenvalue weighted by atomic mass is 16.5. The number of nitrogens with zero attached hydrogens (tertiary/aromatic N) is 8. The maximum absolute atomic E-state index is 5.45. The first-order valence-electron chi connectivity index (χ1n) is 13.2. The Morgan fingerprint density at radius 3 is 2.43 bits per heavy atom. The molecule has 0 aliphatic carbocycles. The van der Waals surface area contributed by atoms with Crippen LogP contribution in [0, 0.1) is 26.7 Å². The lowest BCUT2D eigenvalue weighted by Crippen LogP contribution is -2.35. The second-order valence-corrected chi connectivity index (χ2v) is 10.3. The number of aryl methyl sites for hydroxylation is 3. The summed E-state index contributed by atoms with van der Waals surface area (Å²) >= 11 is 0. The van der Waals surface area contributed by atoms with E-state index in [1.165, 1.54) is 11.1 Å². The van der Waals surface area contributed by atoms with E-state index in [0.29, 0.717) is 11.7 Å². The average Bonchev–Trinajstić information content (AvgIpc) is 3.54. The number of hydrogen-bond donors (Lipinski definition) is 0. The first kappa shape index (κ1) is 23.9. The first-order chi connectivity index (χ1) is 18.0. The molecule has 0 radical (unpaired) electrons. The van der Waals surface area contributed by atoms with Gasteiger partial charge in [-0.05, 0) is 56.2 Å². The first-order valence-corrected chi connectivity index (χ1v) is 13.2. The van der Waals surface area contributed by atoms with Gasteiger partial charge in [0.15, 0.2) is 0 Å². The molecule has 9 heteroatoms. The predicted octanol–water partition coefficient (Wildman–Crippen LogP) is 3.41. The highest BCUT2D eigenvalue weighted by molar-refractivity contribution is 5.62. The predicted molar refractivity (Wildman–Crippen MR) is 143 cm³/mol. The molecule has 2 aliphatic rings. The minimum atomic E-state index is 0.531. The van der Waals surface area contributed by atoms with Crippen molar-refractivity contribution in [2.75, 3.05) is 44.3 Å². The fourth-order valence-corrected chi connectivity index (χ4v) is 5.53. The van der Waals surface area contributed by atoms with Crippen LogP contribution >= 0.6 is 0 Å². The summed E-state index contributed by atoms with van der Waals surface area (Å²) in [7, 11) is 0. The molecule has 4 aromatic rings. The molecule has 2 fully saturated rings. The van der Waals surface area contributed by atoms with Gasteiger partial charge in [-0.2, -0.15) is 10.1 Å². The number of morpholine rings is 1. The van der Waals surface area contributed by atoms with Crippen molar-refractivity contribution in [3.05, 3.63) is 65.0 Å². The van der Waals surface area contributed by atoms with Gasteiger partial charge in [-0.15, -0.1) is 0 Å². The van der Waals surface area contributed by atoms with E-state index in [4.69, 9.17) is 19.7 Å². The van der Waals surface area contributed by atoms with E-state index in [1.807, 2.05) is 23.8 Å². The molecule has 1 atom stereocenters. The lowest BCUT2D eigenvalue weighted by molar-refractivity contribution is 0.0342. The van der Waals surface area contributed by atoms with Crippen LogP contribution in [0.1, 0.15) is 34.8 Å². The molecule has 0 bridgehead atoms. The van der Waals surface area contributed by atoms with Crippen LogP contribution in [0.2, 0.25) is 0 Å². The highest BCUT2D eigenvalue weighted by Gasteiger charge is 2.26. The lowest BCUT2D eigenvalue weighted by atomic mass is 9.96. The average molecular weight is 499 g/mol. The monoisotopic (exact) mass is 498 g/mol. The molecule has 0 spiro atoms. The number of hydrogen-bond acceptors (Lipinski definition) is 8. The molecule has 9 nitrogen and oxygen atoms in total. The fraction of sp³-hybridized carbons (Fsp3) is 0.464. The zero-order valence-corrected chi connectivity index (χ0v) is 21.9. The van der Waals surface area contributed by atoms with Gasteiger partial charge in [0.1, 0.15) is 5.82 Å². The third kappa shape index (κ3) is 5.06. The summed E-state index contributed by atoms with van der Waals surface area (Å²) in [6.45, 7) is 12.7. The van der Waals surface area contributed by atoms with Crippen molar-refractivity contribution in [3.63, 3.8) is 0 Å². The smallest absolute Gasteiger partial charge is 0.252 e. The number of fused-ring (bicyclic) bond motifs is 1. The van der Waals surface area contributed by atoms with E-state index < -0.39 is 0 Å². The van der Waals surface area contributed by atoms with E-state index in [1.54, 1.807) is 0 Å². The standard InChI is InChI=1S/C28H34N8O/c1-19-26(20(2)36-28(31-19)32-21(3)33-36)14-23-8-9-35(18-23)27-29-15-25(16-30-27)24-6-4-22(5-7-24)17-34-10-12-37-13-11-34/h4-7,15-16,23H,8-14,17-18H2,1-3H3/t23-/m0/s1. The summed E-state index contributed by atoms with van der Waals surface area (Å²) in [5.41, 5.74) is 6.98. The van der Waals surface area contributed by atoms with Gasteiger partial charge in [0, 0.05) is 62.1 Å². The summed E-state index contributed by atoms with van der Waals surface area (Å²) in [6.07, 6.45) is 5.99. The zero-order chi connectivity index (χ0) is 25.4. The second-order valence-electron chi connectivity index (χ2n) is 10.3. The van der Waals surface area contributed by atoms with Gasteiger partial charge in [-0.3, -0.25) is 4.90 Å². The lowest BCUT2D eigenvalue weighted by Gasteiger charge is -2.26. The fourth-order valence-electron chi connectivity index (χ4n) is 5.53. The van der Waals surface area contributed by atoms with Gasteiger partial charge in [-0.25, -0.2) is 19.5 Å². The molecule has 0 amide bonds. The SMILES string of the molecule is Cc1nc2nc(C)c(C[C@@H]3CCN(c4ncc(-c5ccc(CN6CCOCC6)cc5)cn4)C3)c(C)n2n1. The maximum Gasteiger partial charge on any atom is 0.252 e. The van der Waals surface area contributed by atoms with Gasteiger partial charge >= 0.3 is 0 Å². The van der Waals surface area contributed by atoms with Crippen molar-refractivity contribution in [3.8, 4) is 11.1 Å². The van der Waals surface area contributed by atoms with Crippen molar-refractivity contribution < 1.29 is 4.74 Å². The Kier molecular flexibility index (Phi) is 6.56. The van der Waals surface area contributed by atoms with E-state index >= 15 is 0 Å². The van der Waals surface area contributed by atoms with Gasteiger partial charge < -0.3 is 9.64 Å². The highest BCUT2D eigenvalue weighted by Crippen LogP contribution is 2.27. The Morgan fingerprint density at radius 1 is 0.919 bits per heavy atom. The normalized spacial score (nSPS) is 18.7. The van der Waals surface area contributed by atoms with Crippen molar-refractivity contribution in [2.45, 2.75) is 40.2 Å². The number of rotatable bonds is 6. The summed E-state index contributed by atoms with van der Waals surface area (Å²) in [6, 6.07) is 8.76. The minimum absolute atomic E-state index is 0.531. The molecular weight excluding hydrogens is 464 g/mol. The molecular formula is C28H34N8O. The molecule has 5 heterocycles. The number of benzene rings is 1. The van der Waals surface area contributed by atoms with E-state index in [-0.39, 0.29) is 0 Å². The zero-order valence-electron chi connectivity index (χ0n) is 21.9. The van der Waals surface area contributed by atoms with E-state index in [0.717, 1.165) is 93.1 Å². The van der Waals surface area contributed by atoms with Gasteiger partial charge in [0.25, 0.3) is 5.78 Å². The number of ether oxygens (including phenoxy) is 1. The van der Waals surface area contributed by atoms with Crippen LogP contribution in [0.25, 0.3) is 16.9 Å². The number of anilines is 1. The maximum atomic E-state index is 5.45. The molecule has 192 valence electrons. The third-order valence-corrected chi connectivity index (χ3v) is 7.65. The third-order valence-electron chi connectivity index (χ3n) is 7.65. The van der Waals surface area contributed by atoms with Crippen LogP contribution in [-0.4, -0.2) is 73.8 Å². The summed E-state index contributed by atoms with van der Waals surface area (Å²) in [5, 5.41) is 4.52. The Morgan fingerprint density at radius 2 is 1.68 bits per heavy atom. The number of aromatic nitrogens is 6. The molecule has 3 aromatic heterocycles. The molecule has 0 unspecified atom stereocenters. The topological polar surface area (TPSA) is 84.6 Å². The van der Waals surface area contributed by atoms with Crippen molar-refractivity contribution in [2.24, 2.45) is 5.92 Å². The van der Waals surface area contributed by atoms with Crippen LogP contribution in [0.5, 0.6) is 0 Å². The molecule has 6 rings (SSSR count). The second kappa shape index (κ2) is 10.1.